The lowest BCUT2D eigenvalue weighted by molar-refractivity contribution is -0.132. The Morgan fingerprint density at radius 1 is 1.03 bits per heavy atom. The second-order valence-corrected chi connectivity index (χ2v) is 8.07. The number of hydrogen-bond acceptors (Lipinski definition) is 6. The first-order valence-electron chi connectivity index (χ1n) is 10.7. The normalized spacial score (nSPS) is 17.5. The van der Waals surface area contributed by atoms with Gasteiger partial charge in [-0.3, -0.25) is 4.79 Å². The lowest BCUT2D eigenvalue weighted by atomic mass is 10.0. The van der Waals surface area contributed by atoms with Crippen molar-refractivity contribution < 1.29 is 24.1 Å². The molecule has 0 spiro atoms. The van der Waals surface area contributed by atoms with Gasteiger partial charge in [-0.2, -0.15) is 0 Å². The number of carbonyl (C=O) groups excluding carboxylic acids is 1. The van der Waals surface area contributed by atoms with Crippen LogP contribution in [-0.4, -0.2) is 56.4 Å². The predicted molar refractivity (Wildman–Crippen MR) is 118 cm³/mol. The Kier molecular flexibility index (Phi) is 6.23. The van der Waals surface area contributed by atoms with Gasteiger partial charge in [-0.25, -0.2) is 0 Å². The van der Waals surface area contributed by atoms with E-state index in [4.69, 9.17) is 14.2 Å². The van der Waals surface area contributed by atoms with Crippen molar-refractivity contribution in [2.24, 2.45) is 0 Å². The molecule has 0 bridgehead atoms. The molecule has 1 unspecified atom stereocenters. The second-order valence-electron chi connectivity index (χ2n) is 8.07. The summed E-state index contributed by atoms with van der Waals surface area (Å²) in [6.45, 7) is 1.43. The van der Waals surface area contributed by atoms with Crippen molar-refractivity contribution >= 4 is 11.6 Å². The Bertz CT molecular complexity index is 944. The van der Waals surface area contributed by atoms with Crippen LogP contribution in [0.5, 0.6) is 17.2 Å². The Hall–Kier alpha value is -2.93. The van der Waals surface area contributed by atoms with E-state index in [2.05, 4.69) is 4.90 Å². The average Bonchev–Trinajstić information content (AvgIpc) is 3.63. The van der Waals surface area contributed by atoms with Crippen LogP contribution in [-0.2, 0) is 11.3 Å². The predicted octanol–water partition coefficient (Wildman–Crippen LogP) is 3.15. The van der Waals surface area contributed by atoms with Crippen LogP contribution in [0.1, 0.15) is 36.5 Å². The number of aliphatic hydroxyl groups excluding tert-OH is 1. The van der Waals surface area contributed by atoms with Crippen molar-refractivity contribution in [3.8, 4) is 17.2 Å². The van der Waals surface area contributed by atoms with Crippen LogP contribution in [0.4, 0.5) is 5.69 Å². The van der Waals surface area contributed by atoms with Crippen molar-refractivity contribution in [2.45, 2.75) is 38.0 Å². The molecule has 4 rings (SSSR count). The molecule has 0 aromatic heterocycles. The highest BCUT2D eigenvalue weighted by molar-refractivity contribution is 5.79. The molecule has 1 aliphatic heterocycles. The largest absolute Gasteiger partial charge is 0.497 e. The van der Waals surface area contributed by atoms with Gasteiger partial charge in [-0.1, -0.05) is 0 Å². The Morgan fingerprint density at radius 3 is 2.42 bits per heavy atom. The SMILES string of the molecule is COc1ccc2c(c1)CN(C1CC1)C(=O)CCN2CC(O)c1cc(OC)ccc1OC. The smallest absolute Gasteiger partial charge is 0.224 e. The number of fused-ring (bicyclic) bond motifs is 1. The minimum absolute atomic E-state index is 0.162. The molecule has 1 N–H and O–H groups in total. The number of hydrogen-bond donors (Lipinski definition) is 1. The summed E-state index contributed by atoms with van der Waals surface area (Å²) in [5, 5.41) is 11.1. The maximum atomic E-state index is 12.9. The van der Waals surface area contributed by atoms with Gasteiger partial charge in [0.2, 0.25) is 5.91 Å². The first-order valence-corrected chi connectivity index (χ1v) is 10.7. The van der Waals surface area contributed by atoms with E-state index >= 15 is 0 Å². The topological polar surface area (TPSA) is 71.5 Å². The molecule has 1 heterocycles. The van der Waals surface area contributed by atoms with Crippen LogP contribution in [0.25, 0.3) is 0 Å². The number of methoxy groups -OCH3 is 3. The summed E-state index contributed by atoms with van der Waals surface area (Å²) in [6, 6.07) is 11.7. The second kappa shape index (κ2) is 9.06. The molecular formula is C24H30N2O5. The monoisotopic (exact) mass is 426 g/mol. The number of anilines is 1. The van der Waals surface area contributed by atoms with Gasteiger partial charge < -0.3 is 29.1 Å². The van der Waals surface area contributed by atoms with Crippen molar-refractivity contribution in [3.05, 3.63) is 47.5 Å². The summed E-state index contributed by atoms with van der Waals surface area (Å²) in [4.78, 5) is 16.9. The Morgan fingerprint density at radius 2 is 1.74 bits per heavy atom. The first kappa shape index (κ1) is 21.3. The number of nitrogens with zero attached hydrogens (tertiary/aromatic N) is 2. The van der Waals surface area contributed by atoms with Crippen LogP contribution in [0.2, 0.25) is 0 Å². The Labute approximate surface area is 183 Å². The lowest BCUT2D eigenvalue weighted by Gasteiger charge is -2.35. The van der Waals surface area contributed by atoms with E-state index in [9.17, 15) is 9.90 Å². The molecule has 2 aliphatic rings. The summed E-state index contributed by atoms with van der Waals surface area (Å²) in [7, 11) is 4.82. The van der Waals surface area contributed by atoms with Crippen molar-refractivity contribution in [1.82, 2.24) is 4.90 Å². The van der Waals surface area contributed by atoms with Gasteiger partial charge in [-0.15, -0.1) is 0 Å². The molecule has 2 aromatic carbocycles. The van der Waals surface area contributed by atoms with Crippen molar-refractivity contribution in [3.63, 3.8) is 0 Å². The number of benzene rings is 2. The van der Waals surface area contributed by atoms with Crippen molar-refractivity contribution in [1.29, 1.82) is 0 Å². The molecule has 1 aliphatic carbocycles. The molecular weight excluding hydrogens is 396 g/mol. The number of ether oxygens (including phenoxy) is 3. The van der Waals surface area contributed by atoms with E-state index in [0.29, 0.717) is 49.2 Å². The average molecular weight is 427 g/mol. The molecule has 1 fully saturated rings. The minimum atomic E-state index is -0.811. The zero-order chi connectivity index (χ0) is 22.0. The molecule has 1 atom stereocenters. The molecule has 0 radical (unpaired) electrons. The highest BCUT2D eigenvalue weighted by Gasteiger charge is 2.35. The molecule has 1 amide bonds. The summed E-state index contributed by atoms with van der Waals surface area (Å²) >= 11 is 0. The number of aliphatic hydroxyl groups is 1. The first-order chi connectivity index (χ1) is 15.0. The number of carbonyl (C=O) groups is 1. The fraction of sp³-hybridized carbons (Fsp3) is 0.458. The molecule has 7 heteroatoms. The third-order valence-electron chi connectivity index (χ3n) is 6.06. The summed E-state index contributed by atoms with van der Waals surface area (Å²) in [5.74, 6) is 2.18. The standard InChI is InChI=1S/C24H30N2O5/c1-29-18-6-8-21-16(12-18)14-26(17-4-5-17)24(28)10-11-25(21)15-22(27)20-13-19(30-2)7-9-23(20)31-3/h6-9,12-13,17,22,27H,4-5,10-11,14-15H2,1-3H3. The fourth-order valence-corrected chi connectivity index (χ4v) is 4.21. The van der Waals surface area contributed by atoms with E-state index < -0.39 is 6.10 Å². The van der Waals surface area contributed by atoms with Crippen LogP contribution in [0.3, 0.4) is 0 Å². The van der Waals surface area contributed by atoms with E-state index in [1.807, 2.05) is 23.1 Å². The van der Waals surface area contributed by atoms with Gasteiger partial charge >= 0.3 is 0 Å². The van der Waals surface area contributed by atoms with E-state index in [0.717, 1.165) is 29.8 Å². The summed E-state index contributed by atoms with van der Waals surface area (Å²) in [6.07, 6.45) is 1.75. The number of β-amino-alcohol motifs (C(OH)–C–C–N with tert-alkyl or cyclic N) is 1. The maximum Gasteiger partial charge on any atom is 0.224 e. The van der Waals surface area contributed by atoms with Crippen LogP contribution >= 0.6 is 0 Å². The fourth-order valence-electron chi connectivity index (χ4n) is 4.21. The summed E-state index contributed by atoms with van der Waals surface area (Å²) < 4.78 is 16.2. The Balaban J connectivity index is 1.65. The van der Waals surface area contributed by atoms with E-state index in [-0.39, 0.29) is 5.91 Å². The number of amides is 1. The minimum Gasteiger partial charge on any atom is -0.497 e. The van der Waals surface area contributed by atoms with Crippen LogP contribution < -0.4 is 19.1 Å². The highest BCUT2D eigenvalue weighted by atomic mass is 16.5. The van der Waals surface area contributed by atoms with Crippen molar-refractivity contribution in [2.75, 3.05) is 39.3 Å². The van der Waals surface area contributed by atoms with Gasteiger partial charge in [0.15, 0.2) is 0 Å². The molecule has 166 valence electrons. The third-order valence-corrected chi connectivity index (χ3v) is 6.06. The van der Waals surface area contributed by atoms with Crippen LogP contribution in [0.15, 0.2) is 36.4 Å². The quantitative estimate of drug-likeness (QED) is 0.734. The molecule has 31 heavy (non-hydrogen) atoms. The third kappa shape index (κ3) is 4.56. The molecule has 2 aromatic rings. The lowest BCUT2D eigenvalue weighted by Crippen LogP contribution is -2.40. The highest BCUT2D eigenvalue weighted by Crippen LogP contribution is 2.36. The zero-order valence-corrected chi connectivity index (χ0v) is 18.3. The molecule has 1 saturated carbocycles. The van der Waals surface area contributed by atoms with Gasteiger partial charge in [0.1, 0.15) is 23.4 Å². The maximum absolute atomic E-state index is 12.9. The molecule has 7 nitrogen and oxygen atoms in total. The van der Waals surface area contributed by atoms with Gasteiger partial charge in [-0.05, 0) is 54.8 Å². The van der Waals surface area contributed by atoms with Gasteiger partial charge in [0.25, 0.3) is 0 Å². The van der Waals surface area contributed by atoms with Crippen LogP contribution in [0, 0.1) is 0 Å². The van der Waals surface area contributed by atoms with E-state index in [1.54, 1.807) is 39.5 Å². The summed E-state index contributed by atoms with van der Waals surface area (Å²) in [5.41, 5.74) is 2.70. The molecule has 0 saturated heterocycles. The van der Waals surface area contributed by atoms with Gasteiger partial charge in [0.05, 0.1) is 21.3 Å². The zero-order valence-electron chi connectivity index (χ0n) is 18.3. The number of rotatable bonds is 7. The van der Waals surface area contributed by atoms with Gasteiger partial charge in [0, 0.05) is 43.3 Å². The van der Waals surface area contributed by atoms with E-state index in [1.165, 1.54) is 0 Å².